The number of hydrogen-bond acceptors (Lipinski definition) is 2. The Morgan fingerprint density at radius 2 is 1.78 bits per heavy atom. The highest BCUT2D eigenvalue weighted by Gasteiger charge is 2.34. The van der Waals surface area contributed by atoms with Gasteiger partial charge in [-0.05, 0) is 24.8 Å². The van der Waals surface area contributed by atoms with Gasteiger partial charge in [0.15, 0.2) is 0 Å². The van der Waals surface area contributed by atoms with Crippen LogP contribution in [-0.4, -0.2) is 36.1 Å². The molecule has 1 aromatic carbocycles. The third kappa shape index (κ3) is 4.45. The topological polar surface area (TPSA) is 44.4 Å². The van der Waals surface area contributed by atoms with Gasteiger partial charge in [-0.15, -0.1) is 0 Å². The first-order chi connectivity index (χ1) is 11.3. The van der Waals surface area contributed by atoms with Gasteiger partial charge in [-0.3, -0.25) is 4.90 Å². The number of carbonyl (C=O) groups is 1. The zero-order valence-electron chi connectivity index (χ0n) is 13.5. The zero-order valence-corrected chi connectivity index (χ0v) is 13.5. The van der Waals surface area contributed by atoms with Crippen molar-refractivity contribution in [3.8, 4) is 0 Å². The Bertz CT molecular complexity index is 572. The summed E-state index contributed by atoms with van der Waals surface area (Å²) in [5.41, 5.74) is 1.24. The molecule has 2 N–H and O–H groups in total. The molecule has 3 rings (SSSR count). The van der Waals surface area contributed by atoms with Gasteiger partial charge in [-0.2, -0.15) is 0 Å². The highest BCUT2D eigenvalue weighted by molar-refractivity contribution is 5.75. The highest BCUT2D eigenvalue weighted by atomic mass is 16.2. The minimum absolute atomic E-state index is 0.0542. The van der Waals surface area contributed by atoms with Crippen molar-refractivity contribution in [2.24, 2.45) is 0 Å². The SMILES string of the molecule is O=C1NC/C=C\C=C/CC2(CCN(Cc3ccccc3)CC2)N1. The Morgan fingerprint density at radius 3 is 2.57 bits per heavy atom. The second-order valence-electron chi connectivity index (χ2n) is 6.44. The van der Waals surface area contributed by atoms with Crippen LogP contribution >= 0.6 is 0 Å². The van der Waals surface area contributed by atoms with Crippen LogP contribution in [0.4, 0.5) is 4.79 Å². The normalized spacial score (nSPS) is 24.4. The Morgan fingerprint density at radius 1 is 1.04 bits per heavy atom. The maximum Gasteiger partial charge on any atom is 0.315 e. The molecule has 0 aliphatic carbocycles. The van der Waals surface area contributed by atoms with Crippen molar-refractivity contribution in [2.45, 2.75) is 31.3 Å². The average molecular weight is 311 g/mol. The molecule has 1 saturated heterocycles. The van der Waals surface area contributed by atoms with Crippen molar-refractivity contribution in [3.63, 3.8) is 0 Å². The van der Waals surface area contributed by atoms with Crippen LogP contribution in [-0.2, 0) is 6.54 Å². The number of rotatable bonds is 2. The first kappa shape index (κ1) is 15.8. The smallest absolute Gasteiger partial charge is 0.315 e. The van der Waals surface area contributed by atoms with Crippen molar-refractivity contribution < 1.29 is 4.79 Å². The van der Waals surface area contributed by atoms with Crippen LogP contribution in [0.3, 0.4) is 0 Å². The molecular weight excluding hydrogens is 286 g/mol. The van der Waals surface area contributed by atoms with Gasteiger partial charge in [-0.1, -0.05) is 54.6 Å². The molecule has 1 spiro atoms. The lowest BCUT2D eigenvalue weighted by molar-refractivity contribution is 0.133. The van der Waals surface area contributed by atoms with Gasteiger partial charge in [0.25, 0.3) is 0 Å². The van der Waals surface area contributed by atoms with E-state index in [4.69, 9.17) is 0 Å². The summed E-state index contributed by atoms with van der Waals surface area (Å²) in [6.07, 6.45) is 11.1. The second kappa shape index (κ2) is 7.47. The zero-order chi connectivity index (χ0) is 16.0. The van der Waals surface area contributed by atoms with E-state index in [0.29, 0.717) is 6.54 Å². The summed E-state index contributed by atoms with van der Waals surface area (Å²) in [4.78, 5) is 14.5. The molecular formula is C19H25N3O. The van der Waals surface area contributed by atoms with Gasteiger partial charge in [0.2, 0.25) is 0 Å². The number of benzene rings is 1. The van der Waals surface area contributed by atoms with E-state index >= 15 is 0 Å². The Labute approximate surface area is 138 Å². The van der Waals surface area contributed by atoms with Gasteiger partial charge < -0.3 is 10.6 Å². The number of carbonyl (C=O) groups excluding carboxylic acids is 1. The fourth-order valence-corrected chi connectivity index (χ4v) is 3.32. The largest absolute Gasteiger partial charge is 0.335 e. The van der Waals surface area contributed by atoms with E-state index in [1.54, 1.807) is 0 Å². The molecule has 0 bridgehead atoms. The van der Waals surface area contributed by atoms with Crippen LogP contribution in [0.25, 0.3) is 0 Å². The molecule has 0 saturated carbocycles. The predicted molar refractivity (Wildman–Crippen MR) is 93.1 cm³/mol. The number of nitrogens with one attached hydrogen (secondary N) is 2. The summed E-state index contributed by atoms with van der Waals surface area (Å²) in [5.74, 6) is 0. The first-order valence-corrected chi connectivity index (χ1v) is 8.40. The predicted octanol–water partition coefficient (Wildman–Crippen LogP) is 2.84. The molecule has 2 heterocycles. The third-order valence-corrected chi connectivity index (χ3v) is 4.71. The molecule has 23 heavy (non-hydrogen) atoms. The molecule has 4 heteroatoms. The molecule has 2 aliphatic rings. The minimum Gasteiger partial charge on any atom is -0.335 e. The van der Waals surface area contributed by atoms with Gasteiger partial charge in [-0.25, -0.2) is 4.79 Å². The Balaban J connectivity index is 1.61. The van der Waals surface area contributed by atoms with Crippen molar-refractivity contribution in [3.05, 3.63) is 60.2 Å². The minimum atomic E-state index is -0.112. The van der Waals surface area contributed by atoms with Gasteiger partial charge in [0.1, 0.15) is 0 Å². The van der Waals surface area contributed by atoms with Crippen molar-refractivity contribution in [2.75, 3.05) is 19.6 Å². The van der Waals surface area contributed by atoms with Crippen LogP contribution < -0.4 is 10.6 Å². The summed E-state index contributed by atoms with van der Waals surface area (Å²) in [5, 5.41) is 6.12. The molecule has 2 amide bonds. The summed E-state index contributed by atoms with van der Waals surface area (Å²) in [6, 6.07) is 10.5. The number of likely N-dealkylation sites (tertiary alicyclic amines) is 1. The van der Waals surface area contributed by atoms with Crippen molar-refractivity contribution >= 4 is 6.03 Å². The monoisotopic (exact) mass is 311 g/mol. The first-order valence-electron chi connectivity index (χ1n) is 8.40. The number of hydrogen-bond donors (Lipinski definition) is 2. The van der Waals surface area contributed by atoms with Crippen molar-refractivity contribution in [1.29, 1.82) is 0 Å². The number of nitrogens with zero attached hydrogens (tertiary/aromatic N) is 1. The van der Waals surface area contributed by atoms with Gasteiger partial charge in [0, 0.05) is 31.7 Å². The molecule has 0 aromatic heterocycles. The third-order valence-electron chi connectivity index (χ3n) is 4.71. The molecule has 1 fully saturated rings. The van der Waals surface area contributed by atoms with E-state index < -0.39 is 0 Å². The van der Waals surface area contributed by atoms with Crippen LogP contribution in [0, 0.1) is 0 Å². The molecule has 122 valence electrons. The summed E-state index contributed by atoms with van der Waals surface area (Å²) >= 11 is 0. The summed E-state index contributed by atoms with van der Waals surface area (Å²) in [6.45, 7) is 3.59. The molecule has 0 radical (unpaired) electrons. The summed E-state index contributed by atoms with van der Waals surface area (Å²) < 4.78 is 0. The fourth-order valence-electron chi connectivity index (χ4n) is 3.32. The number of urea groups is 1. The standard InChI is InChI=1S/C19H25N3O/c23-18-20-13-7-2-1-6-10-19(21-18)11-14-22(15-12-19)16-17-8-4-3-5-9-17/h1-9H,10-16H2,(H2,20,21,23)/b6-1-,7-2-. The molecule has 0 unspecified atom stereocenters. The van der Waals surface area contributed by atoms with E-state index in [1.165, 1.54) is 5.56 Å². The molecule has 0 atom stereocenters. The lowest BCUT2D eigenvalue weighted by atomic mass is 9.84. The van der Waals surface area contributed by atoms with E-state index in [-0.39, 0.29) is 11.6 Å². The van der Waals surface area contributed by atoms with Crippen LogP contribution in [0.1, 0.15) is 24.8 Å². The Kier molecular flexibility index (Phi) is 5.13. The highest BCUT2D eigenvalue weighted by Crippen LogP contribution is 2.27. The molecule has 2 aliphatic heterocycles. The van der Waals surface area contributed by atoms with Gasteiger partial charge in [0.05, 0.1) is 0 Å². The van der Waals surface area contributed by atoms with Crippen LogP contribution in [0.5, 0.6) is 0 Å². The van der Waals surface area contributed by atoms with E-state index in [1.807, 2.05) is 12.2 Å². The maximum atomic E-state index is 12.1. The molecule has 4 nitrogen and oxygen atoms in total. The second-order valence-corrected chi connectivity index (χ2v) is 6.44. The number of allylic oxidation sites excluding steroid dienone is 2. The van der Waals surface area contributed by atoms with Crippen LogP contribution in [0.15, 0.2) is 54.6 Å². The number of amides is 2. The lowest BCUT2D eigenvalue weighted by Crippen LogP contribution is -2.57. The fraction of sp³-hybridized carbons (Fsp3) is 0.421. The average Bonchev–Trinajstić information content (AvgIpc) is 2.57. The lowest BCUT2D eigenvalue weighted by Gasteiger charge is -2.42. The van der Waals surface area contributed by atoms with Crippen molar-refractivity contribution in [1.82, 2.24) is 15.5 Å². The molecule has 1 aromatic rings. The van der Waals surface area contributed by atoms with Gasteiger partial charge >= 0.3 is 6.03 Å². The Hall–Kier alpha value is -2.07. The maximum absolute atomic E-state index is 12.1. The quantitative estimate of drug-likeness (QED) is 0.882. The van der Waals surface area contributed by atoms with E-state index in [2.05, 4.69) is 58.0 Å². The summed E-state index contributed by atoms with van der Waals surface area (Å²) in [7, 11) is 0. The number of piperidine rings is 1. The van der Waals surface area contributed by atoms with E-state index in [0.717, 1.165) is 38.9 Å². The van der Waals surface area contributed by atoms with E-state index in [9.17, 15) is 4.79 Å². The van der Waals surface area contributed by atoms with Crippen LogP contribution in [0.2, 0.25) is 0 Å².